The summed E-state index contributed by atoms with van der Waals surface area (Å²) in [5, 5.41) is 6.00. The average Bonchev–Trinajstić information content (AvgIpc) is 2.68. The maximum absolute atomic E-state index is 11.6. The van der Waals surface area contributed by atoms with E-state index in [-0.39, 0.29) is 5.78 Å². The molecule has 25 heavy (non-hydrogen) atoms. The van der Waals surface area contributed by atoms with E-state index in [1.807, 2.05) is 57.6 Å². The van der Waals surface area contributed by atoms with Gasteiger partial charge in [0.2, 0.25) is 5.78 Å². The number of rotatable bonds is 6. The number of ketones is 1. The van der Waals surface area contributed by atoms with Crippen molar-refractivity contribution in [3.8, 4) is 0 Å². The number of likely N-dealkylation sites (N-methyl/N-ethyl adjacent to an activating group) is 3. The van der Waals surface area contributed by atoms with Gasteiger partial charge in [0.25, 0.3) is 0 Å². The van der Waals surface area contributed by atoms with Crippen LogP contribution in [0.25, 0.3) is 0 Å². The number of benzene rings is 1. The van der Waals surface area contributed by atoms with Gasteiger partial charge in [-0.15, -0.1) is 0 Å². The van der Waals surface area contributed by atoms with E-state index in [1.54, 1.807) is 24.1 Å². The number of aldehydes is 1. The fourth-order valence-corrected chi connectivity index (χ4v) is 2.13. The van der Waals surface area contributed by atoms with Crippen molar-refractivity contribution in [2.24, 2.45) is 0 Å². The van der Waals surface area contributed by atoms with Crippen molar-refractivity contribution in [1.82, 2.24) is 15.5 Å². The van der Waals surface area contributed by atoms with Gasteiger partial charge in [-0.1, -0.05) is 49.1 Å². The van der Waals surface area contributed by atoms with Crippen LogP contribution in [0.5, 0.6) is 0 Å². The van der Waals surface area contributed by atoms with Crippen LogP contribution >= 0.6 is 0 Å². The Kier molecular flexibility index (Phi) is 7.82. The molecule has 134 valence electrons. The monoisotopic (exact) mass is 341 g/mol. The minimum atomic E-state index is -0.486. The third-order valence-corrected chi connectivity index (χ3v) is 4.02. The van der Waals surface area contributed by atoms with E-state index in [9.17, 15) is 9.59 Å². The second-order valence-electron chi connectivity index (χ2n) is 5.89. The summed E-state index contributed by atoms with van der Waals surface area (Å²) in [6, 6.07) is 9.15. The van der Waals surface area contributed by atoms with Crippen molar-refractivity contribution < 1.29 is 9.59 Å². The van der Waals surface area contributed by atoms with Crippen molar-refractivity contribution in [2.75, 3.05) is 28.2 Å². The van der Waals surface area contributed by atoms with Crippen molar-refractivity contribution >= 4 is 12.1 Å². The van der Waals surface area contributed by atoms with Crippen LogP contribution in [0.15, 0.2) is 66.5 Å². The zero-order chi connectivity index (χ0) is 18.9. The summed E-state index contributed by atoms with van der Waals surface area (Å²) in [6.07, 6.45) is 7.44. The molecule has 1 unspecified atom stereocenters. The van der Waals surface area contributed by atoms with Crippen LogP contribution in [0.4, 0.5) is 0 Å². The number of hydrogen-bond donors (Lipinski definition) is 2. The number of nitrogens with one attached hydrogen (secondary N) is 2. The summed E-state index contributed by atoms with van der Waals surface area (Å²) in [7, 11) is 7.27. The lowest BCUT2D eigenvalue weighted by Crippen LogP contribution is -2.43. The molecule has 0 bridgehead atoms. The van der Waals surface area contributed by atoms with Gasteiger partial charge in [-0.05, 0) is 19.5 Å². The number of carbonyl (C=O) groups excluding carboxylic acids is 2. The van der Waals surface area contributed by atoms with Gasteiger partial charge >= 0.3 is 0 Å². The SMILES string of the molecule is C=C(C(=O)c1ccccc1)N(C)C.CNC1=CCC(C=O)(NC)C=C1. The molecule has 1 aromatic carbocycles. The maximum atomic E-state index is 11.6. The van der Waals surface area contributed by atoms with E-state index in [1.165, 1.54) is 0 Å². The van der Waals surface area contributed by atoms with E-state index >= 15 is 0 Å². The zero-order valence-electron chi connectivity index (χ0n) is 15.4. The number of Topliss-reactive ketones (excluding diaryl/α,β-unsaturated/α-hetero) is 1. The van der Waals surface area contributed by atoms with Gasteiger partial charge in [0.15, 0.2) is 0 Å². The molecule has 0 saturated heterocycles. The number of carbonyl (C=O) groups is 2. The Labute approximate surface area is 150 Å². The van der Waals surface area contributed by atoms with Crippen LogP contribution in [0.2, 0.25) is 0 Å². The Balaban J connectivity index is 0.000000251. The molecule has 2 N–H and O–H groups in total. The van der Waals surface area contributed by atoms with Gasteiger partial charge in [-0.2, -0.15) is 0 Å². The highest BCUT2D eigenvalue weighted by Crippen LogP contribution is 2.16. The van der Waals surface area contributed by atoms with Crippen molar-refractivity contribution in [2.45, 2.75) is 12.0 Å². The fraction of sp³-hybridized carbons (Fsp3) is 0.300. The van der Waals surface area contributed by atoms with Crippen LogP contribution in [-0.4, -0.2) is 50.7 Å². The molecule has 1 aromatic rings. The molecular weight excluding hydrogens is 314 g/mol. The molecule has 1 aliphatic carbocycles. The Morgan fingerprint density at radius 2 is 1.88 bits per heavy atom. The summed E-state index contributed by atoms with van der Waals surface area (Å²) in [4.78, 5) is 24.1. The second kappa shape index (κ2) is 9.59. The predicted molar refractivity (Wildman–Crippen MR) is 102 cm³/mol. The van der Waals surface area contributed by atoms with E-state index in [0.29, 0.717) is 17.7 Å². The molecular formula is C20H27N3O2. The smallest absolute Gasteiger partial charge is 0.208 e. The van der Waals surface area contributed by atoms with E-state index < -0.39 is 5.54 Å². The van der Waals surface area contributed by atoms with Crippen molar-refractivity contribution in [1.29, 1.82) is 0 Å². The Morgan fingerprint density at radius 1 is 1.24 bits per heavy atom. The molecule has 0 spiro atoms. The van der Waals surface area contributed by atoms with Gasteiger partial charge in [0.05, 0.1) is 11.2 Å². The third-order valence-electron chi connectivity index (χ3n) is 4.02. The topological polar surface area (TPSA) is 61.4 Å². The summed E-state index contributed by atoms with van der Waals surface area (Å²) < 4.78 is 0. The summed E-state index contributed by atoms with van der Waals surface area (Å²) in [6.45, 7) is 3.71. The number of nitrogens with zero attached hydrogens (tertiary/aromatic N) is 1. The van der Waals surface area contributed by atoms with Gasteiger partial charge in [-0.3, -0.25) is 4.79 Å². The van der Waals surface area contributed by atoms with Gasteiger partial charge < -0.3 is 20.3 Å². The van der Waals surface area contributed by atoms with Gasteiger partial charge in [-0.25, -0.2) is 0 Å². The molecule has 5 heteroatoms. The van der Waals surface area contributed by atoms with Crippen LogP contribution in [0.3, 0.4) is 0 Å². The maximum Gasteiger partial charge on any atom is 0.208 e. The fourth-order valence-electron chi connectivity index (χ4n) is 2.13. The minimum Gasteiger partial charge on any atom is -0.388 e. The van der Waals surface area contributed by atoms with E-state index in [4.69, 9.17) is 0 Å². The molecule has 1 aliphatic rings. The summed E-state index contributed by atoms with van der Waals surface area (Å²) >= 11 is 0. The van der Waals surface area contributed by atoms with Gasteiger partial charge in [0, 0.05) is 32.4 Å². The number of allylic oxidation sites excluding steroid dienone is 2. The molecule has 1 atom stereocenters. The molecule has 0 aromatic heterocycles. The Morgan fingerprint density at radius 3 is 2.28 bits per heavy atom. The average molecular weight is 341 g/mol. The highest BCUT2D eigenvalue weighted by Gasteiger charge is 2.24. The summed E-state index contributed by atoms with van der Waals surface area (Å²) in [5.41, 5.74) is 1.76. The molecule has 0 aliphatic heterocycles. The normalized spacial score (nSPS) is 18.3. The van der Waals surface area contributed by atoms with Gasteiger partial charge in [0.1, 0.15) is 6.29 Å². The lowest BCUT2D eigenvalue weighted by atomic mass is 9.92. The first-order chi connectivity index (χ1) is 11.9. The first-order valence-electron chi connectivity index (χ1n) is 8.07. The first-order valence-corrected chi connectivity index (χ1v) is 8.07. The predicted octanol–water partition coefficient (Wildman–Crippen LogP) is 2.15. The van der Waals surface area contributed by atoms with Crippen LogP contribution in [-0.2, 0) is 4.79 Å². The molecule has 0 saturated carbocycles. The Hall–Kier alpha value is -2.66. The standard InChI is InChI=1S/C11H13NO.C9H14N2O/c1-9(12(2)3)11(13)10-7-5-4-6-8-10;1-10-8-3-5-9(7-12,11-2)6-4-8/h4-8H,1H2,2-3H3;3-5,7,10-11H,6H2,1-2H3. The van der Waals surface area contributed by atoms with Crippen LogP contribution < -0.4 is 10.6 Å². The van der Waals surface area contributed by atoms with Crippen molar-refractivity contribution in [3.63, 3.8) is 0 Å². The lowest BCUT2D eigenvalue weighted by molar-refractivity contribution is -0.111. The van der Waals surface area contributed by atoms with E-state index in [0.717, 1.165) is 12.0 Å². The highest BCUT2D eigenvalue weighted by molar-refractivity contribution is 6.07. The third kappa shape index (κ3) is 5.72. The molecule has 2 rings (SSSR count). The molecule has 0 fully saturated rings. The molecule has 0 heterocycles. The molecule has 0 radical (unpaired) electrons. The highest BCUT2D eigenvalue weighted by atomic mass is 16.1. The summed E-state index contributed by atoms with van der Waals surface area (Å²) in [5.74, 6) is -0.0226. The lowest BCUT2D eigenvalue weighted by Gasteiger charge is -2.25. The van der Waals surface area contributed by atoms with Crippen molar-refractivity contribution in [3.05, 3.63) is 72.1 Å². The number of hydrogen-bond acceptors (Lipinski definition) is 5. The molecule has 0 amide bonds. The second-order valence-corrected chi connectivity index (χ2v) is 5.89. The Bertz CT molecular complexity index is 663. The first kappa shape index (κ1) is 20.4. The minimum absolute atomic E-state index is 0.0226. The molecule has 5 nitrogen and oxygen atoms in total. The zero-order valence-corrected chi connectivity index (χ0v) is 15.4. The van der Waals surface area contributed by atoms with Crippen LogP contribution in [0.1, 0.15) is 16.8 Å². The largest absolute Gasteiger partial charge is 0.388 e. The van der Waals surface area contributed by atoms with Crippen LogP contribution in [0, 0.1) is 0 Å². The van der Waals surface area contributed by atoms with E-state index in [2.05, 4.69) is 17.2 Å². The quantitative estimate of drug-likeness (QED) is 0.472.